The van der Waals surface area contributed by atoms with Gasteiger partial charge in [-0.15, -0.1) is 0 Å². The van der Waals surface area contributed by atoms with Gasteiger partial charge in [-0.05, 0) is 46.0 Å². The van der Waals surface area contributed by atoms with Crippen LogP contribution in [0, 0.1) is 11.2 Å². The Morgan fingerprint density at radius 2 is 2.06 bits per heavy atom. The zero-order valence-corrected chi connectivity index (χ0v) is 20.2. The first-order valence-electron chi connectivity index (χ1n) is 10.4. The van der Waals surface area contributed by atoms with Crippen molar-refractivity contribution >= 4 is 35.3 Å². The molecule has 2 heterocycles. The zero-order chi connectivity index (χ0) is 25.5. The van der Waals surface area contributed by atoms with E-state index >= 15 is 0 Å². The lowest BCUT2D eigenvalue weighted by molar-refractivity contribution is -0.0498. The number of pyridine rings is 1. The Hall–Kier alpha value is -2.63. The number of alkyl halides is 2. The van der Waals surface area contributed by atoms with Crippen LogP contribution in [0.1, 0.15) is 43.1 Å². The van der Waals surface area contributed by atoms with Crippen molar-refractivity contribution in [2.75, 3.05) is 23.9 Å². The average Bonchev–Trinajstić information content (AvgIpc) is 2.73. The first-order chi connectivity index (χ1) is 15.9. The van der Waals surface area contributed by atoms with Crippen molar-refractivity contribution < 1.29 is 27.8 Å². The highest BCUT2D eigenvalue weighted by molar-refractivity contribution is 8.00. The Bertz CT molecular complexity index is 1010. The Morgan fingerprint density at radius 1 is 1.38 bits per heavy atom. The van der Waals surface area contributed by atoms with E-state index < -0.39 is 18.0 Å². The van der Waals surface area contributed by atoms with Crippen molar-refractivity contribution in [1.29, 1.82) is 5.41 Å². The van der Waals surface area contributed by atoms with Gasteiger partial charge in [-0.3, -0.25) is 4.79 Å². The molecule has 7 nitrogen and oxygen atoms in total. The summed E-state index contributed by atoms with van der Waals surface area (Å²) in [6.45, 7) is 2.21. The van der Waals surface area contributed by atoms with E-state index in [-0.39, 0.29) is 40.5 Å². The summed E-state index contributed by atoms with van der Waals surface area (Å²) >= 11 is 2.01. The van der Waals surface area contributed by atoms with Gasteiger partial charge in [0.05, 0.1) is 11.3 Å². The van der Waals surface area contributed by atoms with Crippen molar-refractivity contribution in [3.8, 4) is 5.75 Å². The summed E-state index contributed by atoms with van der Waals surface area (Å²) in [5.41, 5.74) is -0.599. The Labute approximate surface area is 201 Å². The second kappa shape index (κ2) is 11.7. The second-order valence-electron chi connectivity index (χ2n) is 8.70. The molecule has 2 aromatic rings. The topological polar surface area (TPSA) is 107 Å². The minimum atomic E-state index is -3.07. The molecule has 1 fully saturated rings. The van der Waals surface area contributed by atoms with Crippen LogP contribution in [-0.2, 0) is 0 Å². The smallest absolute Gasteiger partial charge is 0.387 e. The number of aldehydes is 1. The fraction of sp³-hybridized carbons (Fsp3) is 0.435. The standard InChI is InChI=1S/C18H18F3N3O3.C5H11NS/c1-18(2,26)7-14(22)12-5-10(9-25)8-23-16(12)24-15-6-11(27-17(20)21)3-4-13(15)19;1-5(6-2)3-7-4-5/h3-6,8-9,17,22,26H,7H2,1-2H3,(H,23,24);6H,3-4H2,1-2H3. The fourth-order valence-electron chi connectivity index (χ4n) is 2.86. The minimum absolute atomic E-state index is 0.0305. The maximum atomic E-state index is 14.1. The van der Waals surface area contributed by atoms with Crippen molar-refractivity contribution in [2.45, 2.75) is 44.9 Å². The molecule has 1 aliphatic rings. The number of rotatable bonds is 9. The molecular weight excluding hydrogens is 469 g/mol. The molecular formula is C23H29F3N4O3S. The van der Waals surface area contributed by atoms with E-state index in [2.05, 4.69) is 27.3 Å². The SMILES string of the molecule is CC(C)(O)CC(=N)c1cc(C=O)cnc1Nc1cc(OC(F)F)ccc1F.CNC1(C)CSC1. The van der Waals surface area contributed by atoms with Crippen LogP contribution in [-0.4, -0.2) is 58.4 Å². The maximum absolute atomic E-state index is 14.1. The molecule has 34 heavy (non-hydrogen) atoms. The van der Waals surface area contributed by atoms with Gasteiger partial charge in [-0.2, -0.15) is 20.5 Å². The molecule has 3 rings (SSSR count). The molecule has 0 spiro atoms. The van der Waals surface area contributed by atoms with Crippen LogP contribution < -0.4 is 15.4 Å². The summed E-state index contributed by atoms with van der Waals surface area (Å²) in [4.78, 5) is 15.0. The number of carbonyl (C=O) groups excluding carboxylic acids is 1. The highest BCUT2D eigenvalue weighted by Gasteiger charge is 2.29. The summed E-state index contributed by atoms with van der Waals surface area (Å²) in [6, 6.07) is 4.39. The number of hydrogen-bond donors (Lipinski definition) is 4. The third kappa shape index (κ3) is 8.30. The normalized spacial score (nSPS) is 14.5. The molecule has 0 radical (unpaired) electrons. The number of ether oxygens (including phenoxy) is 1. The van der Waals surface area contributed by atoms with E-state index in [0.717, 1.165) is 18.2 Å². The van der Waals surface area contributed by atoms with Crippen LogP contribution in [0.4, 0.5) is 24.7 Å². The summed E-state index contributed by atoms with van der Waals surface area (Å²) in [7, 11) is 2.03. The molecule has 0 unspecified atom stereocenters. The van der Waals surface area contributed by atoms with Crippen LogP contribution in [0.25, 0.3) is 0 Å². The number of thioether (sulfide) groups is 1. The molecule has 186 valence electrons. The first-order valence-corrected chi connectivity index (χ1v) is 11.5. The predicted octanol–water partition coefficient (Wildman–Crippen LogP) is 4.62. The van der Waals surface area contributed by atoms with E-state index in [9.17, 15) is 23.1 Å². The van der Waals surface area contributed by atoms with Gasteiger partial charge < -0.3 is 25.9 Å². The average molecular weight is 499 g/mol. The number of nitrogens with zero attached hydrogens (tertiary/aromatic N) is 1. The highest BCUT2D eigenvalue weighted by atomic mass is 32.2. The number of aliphatic hydroxyl groups is 1. The van der Waals surface area contributed by atoms with Gasteiger partial charge in [0.25, 0.3) is 0 Å². The molecule has 4 N–H and O–H groups in total. The lowest BCUT2D eigenvalue weighted by Crippen LogP contribution is -2.51. The molecule has 1 saturated heterocycles. The van der Waals surface area contributed by atoms with Crippen LogP contribution in [0.2, 0.25) is 0 Å². The summed E-state index contributed by atoms with van der Waals surface area (Å²) in [5, 5.41) is 24.0. The van der Waals surface area contributed by atoms with Gasteiger partial charge in [0.1, 0.15) is 17.4 Å². The van der Waals surface area contributed by atoms with Gasteiger partial charge in [-0.25, -0.2) is 9.37 Å². The fourth-order valence-corrected chi connectivity index (χ4v) is 3.96. The largest absolute Gasteiger partial charge is 0.435 e. The molecule has 1 aliphatic heterocycles. The van der Waals surface area contributed by atoms with Gasteiger partial charge in [0.15, 0.2) is 6.29 Å². The van der Waals surface area contributed by atoms with Crippen LogP contribution in [0.15, 0.2) is 30.5 Å². The Morgan fingerprint density at radius 3 is 2.53 bits per heavy atom. The lowest BCUT2D eigenvalue weighted by Gasteiger charge is -2.37. The van der Waals surface area contributed by atoms with Gasteiger partial charge in [-0.1, -0.05) is 0 Å². The molecule has 11 heteroatoms. The Balaban J connectivity index is 0.000000497. The molecule has 0 atom stereocenters. The molecule has 0 saturated carbocycles. The molecule has 0 aliphatic carbocycles. The van der Waals surface area contributed by atoms with Gasteiger partial charge in [0.2, 0.25) is 0 Å². The van der Waals surface area contributed by atoms with Crippen LogP contribution in [0.3, 0.4) is 0 Å². The maximum Gasteiger partial charge on any atom is 0.387 e. The van der Waals surface area contributed by atoms with E-state index in [1.54, 1.807) is 0 Å². The zero-order valence-electron chi connectivity index (χ0n) is 19.4. The molecule has 1 aromatic carbocycles. The highest BCUT2D eigenvalue weighted by Crippen LogP contribution is 2.29. The van der Waals surface area contributed by atoms with Crippen molar-refractivity contribution in [3.05, 3.63) is 47.4 Å². The van der Waals surface area contributed by atoms with Gasteiger partial charge in [0, 0.05) is 52.6 Å². The summed E-state index contributed by atoms with van der Waals surface area (Å²) in [5.74, 6) is 1.58. The van der Waals surface area contributed by atoms with Crippen LogP contribution in [0.5, 0.6) is 5.75 Å². The minimum Gasteiger partial charge on any atom is -0.435 e. The number of halogens is 3. The monoisotopic (exact) mass is 498 g/mol. The Kier molecular flexibility index (Phi) is 9.48. The number of hydrogen-bond acceptors (Lipinski definition) is 8. The number of nitrogens with one attached hydrogen (secondary N) is 3. The summed E-state index contributed by atoms with van der Waals surface area (Å²) in [6.07, 6.45) is 1.70. The number of anilines is 2. The number of benzene rings is 1. The molecule has 0 bridgehead atoms. The van der Waals surface area contributed by atoms with Gasteiger partial charge >= 0.3 is 6.61 Å². The molecule has 0 amide bonds. The second-order valence-corrected chi connectivity index (χ2v) is 9.68. The quantitative estimate of drug-likeness (QED) is 0.295. The number of aromatic nitrogens is 1. The third-order valence-electron chi connectivity index (χ3n) is 4.84. The predicted molar refractivity (Wildman–Crippen MR) is 128 cm³/mol. The van der Waals surface area contributed by atoms with E-state index in [1.165, 1.54) is 37.6 Å². The summed E-state index contributed by atoms with van der Waals surface area (Å²) < 4.78 is 43.0. The third-order valence-corrected chi connectivity index (χ3v) is 6.52. The van der Waals surface area contributed by atoms with Crippen molar-refractivity contribution in [3.63, 3.8) is 0 Å². The van der Waals surface area contributed by atoms with Crippen molar-refractivity contribution in [1.82, 2.24) is 10.3 Å². The van der Waals surface area contributed by atoms with E-state index in [4.69, 9.17) is 5.41 Å². The lowest BCUT2D eigenvalue weighted by atomic mass is 9.96. The van der Waals surface area contributed by atoms with E-state index in [0.29, 0.717) is 11.8 Å². The van der Waals surface area contributed by atoms with E-state index in [1.807, 2.05) is 18.8 Å². The van der Waals surface area contributed by atoms with Crippen LogP contribution >= 0.6 is 11.8 Å². The first kappa shape index (κ1) is 27.6. The number of carbonyl (C=O) groups is 1. The molecule has 1 aromatic heterocycles. The van der Waals surface area contributed by atoms with Crippen molar-refractivity contribution in [2.24, 2.45) is 0 Å².